The molecule has 5 nitrogen and oxygen atoms in total. The topological polar surface area (TPSA) is 65.0 Å². The number of phenolic OH excluding ortho intramolecular Hbond substituents is 1. The SMILES string of the molecule is COc1cc2c(OC)cc(Cl)c(OC)c2c(O)c1C(C)=O. The van der Waals surface area contributed by atoms with Crippen LogP contribution in [0.1, 0.15) is 17.3 Å². The number of ether oxygens (including phenoxy) is 3. The van der Waals surface area contributed by atoms with Crippen molar-refractivity contribution in [3.63, 3.8) is 0 Å². The average molecular weight is 311 g/mol. The van der Waals surface area contributed by atoms with Gasteiger partial charge in [0.15, 0.2) is 5.78 Å². The van der Waals surface area contributed by atoms with Gasteiger partial charge in [-0.05, 0) is 13.0 Å². The molecule has 0 fully saturated rings. The van der Waals surface area contributed by atoms with Crippen LogP contribution >= 0.6 is 11.6 Å². The fourth-order valence-corrected chi connectivity index (χ4v) is 2.59. The molecule has 1 N–H and O–H groups in total. The summed E-state index contributed by atoms with van der Waals surface area (Å²) in [6, 6.07) is 3.19. The molecule has 2 rings (SSSR count). The van der Waals surface area contributed by atoms with Gasteiger partial charge in [-0.2, -0.15) is 0 Å². The van der Waals surface area contributed by atoms with Crippen LogP contribution in [0, 0.1) is 0 Å². The summed E-state index contributed by atoms with van der Waals surface area (Å²) in [7, 11) is 4.34. The molecule has 0 aliphatic heterocycles. The van der Waals surface area contributed by atoms with Crippen molar-refractivity contribution in [2.75, 3.05) is 21.3 Å². The lowest BCUT2D eigenvalue weighted by atomic mass is 10.00. The van der Waals surface area contributed by atoms with Crippen LogP contribution in [0.4, 0.5) is 0 Å². The Hall–Kier alpha value is -2.14. The molecule has 0 aliphatic carbocycles. The van der Waals surface area contributed by atoms with E-state index in [4.69, 9.17) is 25.8 Å². The summed E-state index contributed by atoms with van der Waals surface area (Å²) in [6.45, 7) is 1.34. The molecule has 0 amide bonds. The summed E-state index contributed by atoms with van der Waals surface area (Å²) in [5, 5.41) is 11.6. The highest BCUT2D eigenvalue weighted by Crippen LogP contribution is 2.47. The molecule has 6 heteroatoms. The molecule has 0 heterocycles. The number of hydrogen-bond donors (Lipinski definition) is 1. The first-order valence-electron chi connectivity index (χ1n) is 6.11. The number of hydrogen-bond acceptors (Lipinski definition) is 5. The second-order valence-corrected chi connectivity index (χ2v) is 4.78. The Kier molecular flexibility index (Phi) is 4.14. The summed E-state index contributed by atoms with van der Waals surface area (Å²) in [4.78, 5) is 11.8. The van der Waals surface area contributed by atoms with Crippen LogP contribution in [0.3, 0.4) is 0 Å². The number of methoxy groups -OCH3 is 3. The van der Waals surface area contributed by atoms with Crippen molar-refractivity contribution in [2.45, 2.75) is 6.92 Å². The molecule has 0 aliphatic rings. The standard InChI is InChI=1S/C15H15ClO5/c1-7(17)12-11(20-3)5-8-10(19-2)6-9(16)15(21-4)13(8)14(12)18/h5-6,18H,1-4H3. The molecule has 0 aromatic heterocycles. The lowest BCUT2D eigenvalue weighted by Gasteiger charge is -2.16. The molecule has 21 heavy (non-hydrogen) atoms. The zero-order chi connectivity index (χ0) is 15.7. The van der Waals surface area contributed by atoms with Crippen LogP contribution in [-0.4, -0.2) is 32.2 Å². The van der Waals surface area contributed by atoms with E-state index in [2.05, 4.69) is 0 Å². The number of rotatable bonds is 4. The number of halogens is 1. The molecule has 0 atom stereocenters. The first-order valence-corrected chi connectivity index (χ1v) is 6.49. The summed E-state index contributed by atoms with van der Waals surface area (Å²) in [6.07, 6.45) is 0. The molecular formula is C15H15ClO5. The van der Waals surface area contributed by atoms with Gasteiger partial charge in [-0.25, -0.2) is 0 Å². The van der Waals surface area contributed by atoms with E-state index in [1.807, 2.05) is 0 Å². The van der Waals surface area contributed by atoms with Crippen molar-refractivity contribution < 1.29 is 24.1 Å². The van der Waals surface area contributed by atoms with Crippen molar-refractivity contribution >= 4 is 28.2 Å². The molecule has 2 aromatic rings. The fraction of sp³-hybridized carbons (Fsp3) is 0.267. The van der Waals surface area contributed by atoms with Gasteiger partial charge in [-0.1, -0.05) is 11.6 Å². The highest BCUT2D eigenvalue weighted by atomic mass is 35.5. The number of ketones is 1. The molecule has 0 saturated heterocycles. The maximum absolute atomic E-state index is 11.8. The molecule has 0 unspecified atom stereocenters. The summed E-state index contributed by atoms with van der Waals surface area (Å²) < 4.78 is 15.7. The van der Waals surface area contributed by atoms with Crippen LogP contribution in [0.2, 0.25) is 5.02 Å². The summed E-state index contributed by atoms with van der Waals surface area (Å²) in [5.41, 5.74) is 0.0765. The van der Waals surface area contributed by atoms with Gasteiger partial charge >= 0.3 is 0 Å². The first-order chi connectivity index (χ1) is 9.96. The Morgan fingerprint density at radius 1 is 1.10 bits per heavy atom. The Labute approximate surface area is 127 Å². The molecule has 0 saturated carbocycles. The van der Waals surface area contributed by atoms with E-state index in [-0.39, 0.29) is 33.6 Å². The molecule has 112 valence electrons. The third kappa shape index (κ3) is 2.34. The molecular weight excluding hydrogens is 296 g/mol. The third-order valence-corrected chi connectivity index (χ3v) is 3.51. The van der Waals surface area contributed by atoms with E-state index < -0.39 is 0 Å². The number of fused-ring (bicyclic) bond motifs is 1. The number of Topliss-reactive ketones (excluding diaryl/α,β-unsaturated/α-hetero) is 1. The average Bonchev–Trinajstić information content (AvgIpc) is 2.45. The van der Waals surface area contributed by atoms with Gasteiger partial charge in [0, 0.05) is 11.5 Å². The number of aromatic hydroxyl groups is 1. The highest BCUT2D eigenvalue weighted by molar-refractivity contribution is 6.34. The number of carbonyl (C=O) groups is 1. The van der Waals surface area contributed by atoms with Crippen LogP contribution in [0.15, 0.2) is 12.1 Å². The van der Waals surface area contributed by atoms with Gasteiger partial charge in [-0.3, -0.25) is 4.79 Å². The van der Waals surface area contributed by atoms with Gasteiger partial charge in [0.25, 0.3) is 0 Å². The minimum Gasteiger partial charge on any atom is -0.506 e. The predicted octanol–water partition coefficient (Wildman–Crippen LogP) is 3.43. The Balaban J connectivity index is 3.05. The smallest absolute Gasteiger partial charge is 0.167 e. The minimum absolute atomic E-state index is 0.0765. The zero-order valence-electron chi connectivity index (χ0n) is 12.1. The second kappa shape index (κ2) is 5.69. The van der Waals surface area contributed by atoms with Gasteiger partial charge in [0.2, 0.25) is 0 Å². The van der Waals surface area contributed by atoms with Gasteiger partial charge in [0.1, 0.15) is 28.6 Å². The Morgan fingerprint density at radius 2 is 1.71 bits per heavy atom. The van der Waals surface area contributed by atoms with E-state index in [1.165, 1.54) is 28.3 Å². The zero-order valence-corrected chi connectivity index (χ0v) is 12.9. The molecule has 0 radical (unpaired) electrons. The van der Waals surface area contributed by atoms with Crippen molar-refractivity contribution in [3.05, 3.63) is 22.7 Å². The van der Waals surface area contributed by atoms with Gasteiger partial charge in [-0.15, -0.1) is 0 Å². The lowest BCUT2D eigenvalue weighted by molar-refractivity contribution is 0.101. The quantitative estimate of drug-likeness (QED) is 0.876. The van der Waals surface area contributed by atoms with Crippen molar-refractivity contribution in [2.24, 2.45) is 0 Å². The normalized spacial score (nSPS) is 10.5. The van der Waals surface area contributed by atoms with Crippen LogP contribution in [0.25, 0.3) is 10.8 Å². The van der Waals surface area contributed by atoms with E-state index in [9.17, 15) is 9.90 Å². The lowest BCUT2D eigenvalue weighted by Crippen LogP contribution is -2.01. The number of carbonyl (C=O) groups excluding carboxylic acids is 1. The van der Waals surface area contributed by atoms with Crippen molar-refractivity contribution in [1.82, 2.24) is 0 Å². The minimum atomic E-state index is -0.327. The largest absolute Gasteiger partial charge is 0.506 e. The Morgan fingerprint density at radius 3 is 2.19 bits per heavy atom. The summed E-state index contributed by atoms with van der Waals surface area (Å²) in [5.74, 6) is 0.409. The third-order valence-electron chi connectivity index (χ3n) is 3.23. The van der Waals surface area contributed by atoms with Crippen LogP contribution in [0.5, 0.6) is 23.0 Å². The van der Waals surface area contributed by atoms with Crippen LogP contribution < -0.4 is 14.2 Å². The monoisotopic (exact) mass is 310 g/mol. The van der Waals surface area contributed by atoms with Gasteiger partial charge < -0.3 is 19.3 Å². The maximum Gasteiger partial charge on any atom is 0.167 e. The number of benzene rings is 2. The van der Waals surface area contributed by atoms with E-state index in [0.717, 1.165) is 0 Å². The van der Waals surface area contributed by atoms with Crippen molar-refractivity contribution in [1.29, 1.82) is 0 Å². The first kappa shape index (κ1) is 15.3. The molecule has 0 spiro atoms. The predicted molar refractivity (Wildman–Crippen MR) is 80.3 cm³/mol. The second-order valence-electron chi connectivity index (χ2n) is 4.38. The van der Waals surface area contributed by atoms with Gasteiger partial charge in [0.05, 0.1) is 31.7 Å². The molecule has 0 bridgehead atoms. The van der Waals surface area contributed by atoms with E-state index >= 15 is 0 Å². The summed E-state index contributed by atoms with van der Waals surface area (Å²) >= 11 is 6.13. The number of phenols is 1. The highest BCUT2D eigenvalue weighted by Gasteiger charge is 2.23. The van der Waals surface area contributed by atoms with Crippen LogP contribution in [-0.2, 0) is 0 Å². The van der Waals surface area contributed by atoms with E-state index in [1.54, 1.807) is 12.1 Å². The fourth-order valence-electron chi connectivity index (χ4n) is 2.32. The van der Waals surface area contributed by atoms with Crippen molar-refractivity contribution in [3.8, 4) is 23.0 Å². The Bertz CT molecular complexity index is 724. The molecule has 2 aromatic carbocycles. The van der Waals surface area contributed by atoms with E-state index in [0.29, 0.717) is 16.5 Å². The maximum atomic E-state index is 11.8.